The van der Waals surface area contributed by atoms with E-state index >= 15 is 0 Å². The van der Waals surface area contributed by atoms with Gasteiger partial charge in [0.25, 0.3) is 5.91 Å². The summed E-state index contributed by atoms with van der Waals surface area (Å²) >= 11 is 3.43. The molecule has 0 aliphatic carbocycles. The first-order valence-corrected chi connectivity index (χ1v) is 6.84. The van der Waals surface area contributed by atoms with Crippen LogP contribution in [0.15, 0.2) is 41.0 Å². The third-order valence-electron chi connectivity index (χ3n) is 2.88. The van der Waals surface area contributed by atoms with Crippen LogP contribution < -0.4 is 16.8 Å². The minimum atomic E-state index is -0.561. The SMILES string of the molecule is CC(Nc1ncc(N)cc1C(N)=O)c1cccc(Br)c1. The van der Waals surface area contributed by atoms with Gasteiger partial charge in [-0.05, 0) is 30.7 Å². The Balaban J connectivity index is 2.28. The molecule has 1 aromatic carbocycles. The van der Waals surface area contributed by atoms with Crippen LogP contribution in [0.4, 0.5) is 11.5 Å². The largest absolute Gasteiger partial charge is 0.397 e. The van der Waals surface area contributed by atoms with Crippen LogP contribution in [0.3, 0.4) is 0 Å². The van der Waals surface area contributed by atoms with Crippen molar-refractivity contribution in [3.05, 3.63) is 52.1 Å². The zero-order valence-electron chi connectivity index (χ0n) is 10.9. The van der Waals surface area contributed by atoms with Crippen LogP contribution in [-0.2, 0) is 0 Å². The van der Waals surface area contributed by atoms with E-state index in [4.69, 9.17) is 11.5 Å². The van der Waals surface area contributed by atoms with Gasteiger partial charge in [-0.15, -0.1) is 0 Å². The summed E-state index contributed by atoms with van der Waals surface area (Å²) in [5.41, 5.74) is 12.7. The van der Waals surface area contributed by atoms with Gasteiger partial charge in [-0.3, -0.25) is 4.79 Å². The zero-order chi connectivity index (χ0) is 14.7. The van der Waals surface area contributed by atoms with E-state index in [9.17, 15) is 4.79 Å². The summed E-state index contributed by atoms with van der Waals surface area (Å²) in [5.74, 6) is -0.132. The van der Waals surface area contributed by atoms with Gasteiger partial charge in [0.1, 0.15) is 5.82 Å². The van der Waals surface area contributed by atoms with Crippen molar-refractivity contribution in [2.45, 2.75) is 13.0 Å². The highest BCUT2D eigenvalue weighted by Gasteiger charge is 2.13. The summed E-state index contributed by atoms with van der Waals surface area (Å²) in [6.07, 6.45) is 1.49. The van der Waals surface area contributed by atoms with Crippen molar-refractivity contribution in [2.75, 3.05) is 11.1 Å². The number of primary amides is 1. The highest BCUT2D eigenvalue weighted by molar-refractivity contribution is 9.10. The smallest absolute Gasteiger partial charge is 0.252 e. The number of pyridine rings is 1. The minimum Gasteiger partial charge on any atom is -0.397 e. The Kier molecular flexibility index (Phi) is 4.24. The fourth-order valence-corrected chi connectivity index (χ4v) is 2.27. The molecule has 6 heteroatoms. The van der Waals surface area contributed by atoms with E-state index < -0.39 is 5.91 Å². The lowest BCUT2D eigenvalue weighted by atomic mass is 10.1. The van der Waals surface area contributed by atoms with Crippen LogP contribution in [0, 0.1) is 0 Å². The molecule has 1 unspecified atom stereocenters. The van der Waals surface area contributed by atoms with Crippen LogP contribution in [0.25, 0.3) is 0 Å². The molecule has 20 heavy (non-hydrogen) atoms. The first kappa shape index (κ1) is 14.3. The summed E-state index contributed by atoms with van der Waals surface area (Å²) < 4.78 is 0.990. The van der Waals surface area contributed by atoms with Crippen molar-refractivity contribution in [3.63, 3.8) is 0 Å². The first-order valence-electron chi connectivity index (χ1n) is 6.04. The van der Waals surface area contributed by atoms with Gasteiger partial charge in [0.15, 0.2) is 0 Å². The van der Waals surface area contributed by atoms with Gasteiger partial charge >= 0.3 is 0 Å². The number of nitrogens with two attached hydrogens (primary N) is 2. The number of nitrogen functional groups attached to an aromatic ring is 1. The van der Waals surface area contributed by atoms with Gasteiger partial charge in [-0.2, -0.15) is 0 Å². The highest BCUT2D eigenvalue weighted by Crippen LogP contribution is 2.23. The molecule has 2 aromatic rings. The molecule has 1 aromatic heterocycles. The number of amides is 1. The lowest BCUT2D eigenvalue weighted by molar-refractivity contribution is 0.100. The van der Waals surface area contributed by atoms with Crippen molar-refractivity contribution < 1.29 is 4.79 Å². The number of halogens is 1. The maximum atomic E-state index is 11.4. The first-order chi connectivity index (χ1) is 9.47. The predicted octanol–water partition coefficient (Wildman–Crippen LogP) is 2.70. The Morgan fingerprint density at radius 2 is 2.15 bits per heavy atom. The third kappa shape index (κ3) is 3.27. The number of hydrogen-bond donors (Lipinski definition) is 3. The fraction of sp³-hybridized carbons (Fsp3) is 0.143. The zero-order valence-corrected chi connectivity index (χ0v) is 12.5. The van der Waals surface area contributed by atoms with Crippen molar-refractivity contribution in [1.29, 1.82) is 0 Å². The van der Waals surface area contributed by atoms with Gasteiger partial charge in [-0.25, -0.2) is 4.98 Å². The summed E-state index contributed by atoms with van der Waals surface area (Å²) in [6, 6.07) is 9.38. The van der Waals surface area contributed by atoms with E-state index in [1.54, 1.807) is 0 Å². The lowest BCUT2D eigenvalue weighted by Gasteiger charge is -2.17. The number of carbonyl (C=O) groups is 1. The second-order valence-corrected chi connectivity index (χ2v) is 5.37. The molecule has 0 spiro atoms. The monoisotopic (exact) mass is 334 g/mol. The van der Waals surface area contributed by atoms with Crippen molar-refractivity contribution >= 4 is 33.3 Å². The Bertz CT molecular complexity index is 645. The van der Waals surface area contributed by atoms with Crippen LogP contribution >= 0.6 is 15.9 Å². The van der Waals surface area contributed by atoms with Gasteiger partial charge in [0, 0.05) is 4.47 Å². The maximum absolute atomic E-state index is 11.4. The third-order valence-corrected chi connectivity index (χ3v) is 3.37. The van der Waals surface area contributed by atoms with Crippen LogP contribution in [0.5, 0.6) is 0 Å². The topological polar surface area (TPSA) is 94.0 Å². The van der Waals surface area contributed by atoms with Crippen molar-refractivity contribution in [3.8, 4) is 0 Å². The van der Waals surface area contributed by atoms with Crippen molar-refractivity contribution in [2.24, 2.45) is 5.73 Å². The van der Waals surface area contributed by atoms with E-state index in [2.05, 4.69) is 26.2 Å². The number of nitrogens with zero attached hydrogens (tertiary/aromatic N) is 1. The minimum absolute atomic E-state index is 0.0262. The molecule has 1 heterocycles. The van der Waals surface area contributed by atoms with E-state index in [1.165, 1.54) is 12.3 Å². The molecule has 1 amide bonds. The summed E-state index contributed by atoms with van der Waals surface area (Å²) in [4.78, 5) is 15.6. The molecule has 0 saturated heterocycles. The number of carbonyl (C=O) groups excluding carboxylic acids is 1. The number of hydrogen-bond acceptors (Lipinski definition) is 4. The number of anilines is 2. The normalized spacial score (nSPS) is 11.9. The quantitative estimate of drug-likeness (QED) is 0.801. The molecular formula is C14H15BrN4O. The molecule has 5 nitrogen and oxygen atoms in total. The van der Waals surface area contributed by atoms with E-state index in [0.717, 1.165) is 10.0 Å². The maximum Gasteiger partial charge on any atom is 0.252 e. The Morgan fingerprint density at radius 3 is 2.80 bits per heavy atom. The number of benzene rings is 1. The number of rotatable bonds is 4. The molecule has 0 aliphatic heterocycles. The second-order valence-electron chi connectivity index (χ2n) is 4.45. The summed E-state index contributed by atoms with van der Waals surface area (Å²) in [7, 11) is 0. The van der Waals surface area contributed by atoms with E-state index in [0.29, 0.717) is 11.5 Å². The molecule has 1 atom stereocenters. The standard InChI is InChI=1S/C14H15BrN4O/c1-8(9-3-2-4-10(15)5-9)19-14-12(13(17)20)6-11(16)7-18-14/h2-8H,16H2,1H3,(H2,17,20)(H,18,19). The van der Waals surface area contributed by atoms with Crippen LogP contribution in [-0.4, -0.2) is 10.9 Å². The molecule has 0 radical (unpaired) electrons. The Morgan fingerprint density at radius 1 is 1.40 bits per heavy atom. The molecule has 0 fully saturated rings. The lowest BCUT2D eigenvalue weighted by Crippen LogP contribution is -2.17. The molecule has 0 saturated carbocycles. The molecule has 2 rings (SSSR count). The predicted molar refractivity (Wildman–Crippen MR) is 83.3 cm³/mol. The van der Waals surface area contributed by atoms with Gasteiger partial charge in [-0.1, -0.05) is 28.1 Å². The highest BCUT2D eigenvalue weighted by atomic mass is 79.9. The van der Waals surface area contributed by atoms with Gasteiger partial charge < -0.3 is 16.8 Å². The van der Waals surface area contributed by atoms with Gasteiger partial charge in [0.2, 0.25) is 0 Å². The van der Waals surface area contributed by atoms with Crippen molar-refractivity contribution in [1.82, 2.24) is 4.98 Å². The number of aromatic nitrogens is 1. The average molecular weight is 335 g/mol. The van der Waals surface area contributed by atoms with Crippen LogP contribution in [0.2, 0.25) is 0 Å². The van der Waals surface area contributed by atoms with Crippen LogP contribution in [0.1, 0.15) is 28.9 Å². The van der Waals surface area contributed by atoms with E-state index in [-0.39, 0.29) is 11.6 Å². The summed E-state index contributed by atoms with van der Waals surface area (Å²) in [6.45, 7) is 1.98. The average Bonchev–Trinajstić information content (AvgIpc) is 2.40. The summed E-state index contributed by atoms with van der Waals surface area (Å²) in [5, 5.41) is 3.17. The fourth-order valence-electron chi connectivity index (χ4n) is 1.85. The molecule has 0 bridgehead atoms. The van der Waals surface area contributed by atoms with Gasteiger partial charge in [0.05, 0.1) is 23.5 Å². The molecule has 104 valence electrons. The van der Waals surface area contributed by atoms with E-state index in [1.807, 2.05) is 31.2 Å². The number of nitrogens with one attached hydrogen (secondary N) is 1. The molecule has 5 N–H and O–H groups in total. The molecular weight excluding hydrogens is 320 g/mol. The Hall–Kier alpha value is -2.08. The molecule has 0 aliphatic rings. The second kappa shape index (κ2) is 5.92. The Labute approximate surface area is 125 Å².